The Hall–Kier alpha value is -0.980. The van der Waals surface area contributed by atoms with E-state index in [1.54, 1.807) is 34.4 Å². The quantitative estimate of drug-likeness (QED) is 0.891. The second kappa shape index (κ2) is 5.38. The van der Waals surface area contributed by atoms with Crippen molar-refractivity contribution in [2.24, 2.45) is 0 Å². The molecule has 0 radical (unpaired) electrons. The van der Waals surface area contributed by atoms with Gasteiger partial charge in [-0.3, -0.25) is 0 Å². The third-order valence-corrected chi connectivity index (χ3v) is 5.00. The number of thiophene rings is 2. The first-order valence-corrected chi connectivity index (χ1v) is 7.02. The van der Waals surface area contributed by atoms with Gasteiger partial charge in [0.2, 0.25) is 0 Å². The molecule has 0 aliphatic rings. The van der Waals surface area contributed by atoms with E-state index in [0.717, 1.165) is 4.88 Å². The van der Waals surface area contributed by atoms with Gasteiger partial charge in [0, 0.05) is 4.88 Å². The summed E-state index contributed by atoms with van der Waals surface area (Å²) >= 11 is 5.03. The van der Waals surface area contributed by atoms with E-state index in [0.29, 0.717) is 6.54 Å². The maximum atomic E-state index is 10.3. The largest absolute Gasteiger partial charge is 0.465 e. The lowest BCUT2D eigenvalue weighted by Crippen LogP contribution is -2.19. The molecule has 0 saturated carbocycles. The van der Waals surface area contributed by atoms with E-state index in [1.807, 2.05) is 23.6 Å². The van der Waals surface area contributed by atoms with Crippen molar-refractivity contribution in [2.75, 3.05) is 0 Å². The molecule has 0 bridgehead atoms. The second-order valence-electron chi connectivity index (χ2n) is 2.91. The number of carboxylic acid groups (broad SMARTS) is 1. The fraction of sp³-hybridized carbons (Fsp3) is 0.100. The zero-order valence-corrected chi connectivity index (χ0v) is 10.6. The van der Waals surface area contributed by atoms with Gasteiger partial charge in [0.15, 0.2) is 0 Å². The van der Waals surface area contributed by atoms with Gasteiger partial charge in [0.25, 0.3) is 0 Å². The molecule has 0 aromatic carbocycles. The van der Waals surface area contributed by atoms with Crippen molar-refractivity contribution >= 4 is 40.5 Å². The van der Waals surface area contributed by atoms with Crippen LogP contribution in [0.15, 0.2) is 38.1 Å². The molecule has 16 heavy (non-hydrogen) atoms. The van der Waals surface area contributed by atoms with Crippen LogP contribution in [0.2, 0.25) is 0 Å². The third-order valence-electron chi connectivity index (χ3n) is 1.75. The predicted molar refractivity (Wildman–Crippen MR) is 67.6 cm³/mol. The molecular formula is C10H9NO2S3. The molecule has 6 heteroatoms. The summed E-state index contributed by atoms with van der Waals surface area (Å²) in [5, 5.41) is 12.9. The molecule has 3 nitrogen and oxygen atoms in total. The minimum Gasteiger partial charge on any atom is -0.465 e. The molecule has 2 rings (SSSR count). The lowest BCUT2D eigenvalue weighted by Gasteiger charge is -1.96. The molecule has 1 amide bonds. The molecule has 2 aromatic rings. The molecule has 0 saturated heterocycles. The minimum absolute atomic E-state index is 0.380. The van der Waals surface area contributed by atoms with Gasteiger partial charge in [-0.25, -0.2) is 4.79 Å². The van der Waals surface area contributed by atoms with Crippen molar-refractivity contribution in [1.29, 1.82) is 0 Å². The molecule has 0 spiro atoms. The van der Waals surface area contributed by atoms with Crippen molar-refractivity contribution < 1.29 is 9.90 Å². The fourth-order valence-electron chi connectivity index (χ4n) is 1.09. The summed E-state index contributed by atoms with van der Waals surface area (Å²) in [5.74, 6) is 0. The Kier molecular flexibility index (Phi) is 3.87. The van der Waals surface area contributed by atoms with Crippen molar-refractivity contribution in [3.8, 4) is 0 Å². The summed E-state index contributed by atoms with van der Waals surface area (Å²) in [6, 6.07) is 8.07. The summed E-state index contributed by atoms with van der Waals surface area (Å²) in [7, 11) is 0. The first-order chi connectivity index (χ1) is 7.74. The van der Waals surface area contributed by atoms with Gasteiger partial charge in [0.1, 0.15) is 0 Å². The third kappa shape index (κ3) is 3.26. The van der Waals surface area contributed by atoms with Gasteiger partial charge in [-0.15, -0.1) is 22.7 Å². The average Bonchev–Trinajstić information content (AvgIpc) is 2.87. The number of rotatable bonds is 4. The number of carbonyl (C=O) groups is 1. The molecule has 0 aliphatic carbocycles. The highest BCUT2D eigenvalue weighted by Gasteiger charge is 2.04. The average molecular weight is 271 g/mol. The SMILES string of the molecule is O=C(O)NCc1ccc(Sc2cccs2)s1. The standard InChI is InChI=1S/C10H9NO2S3/c12-10(13)11-6-7-3-4-9(15-7)16-8-2-1-5-14-8/h1-5,11H,6H2,(H,12,13). The van der Waals surface area contributed by atoms with Gasteiger partial charge < -0.3 is 10.4 Å². The first-order valence-electron chi connectivity index (χ1n) is 4.51. The predicted octanol–water partition coefficient (Wildman–Crippen LogP) is 3.73. The van der Waals surface area contributed by atoms with E-state index in [-0.39, 0.29) is 0 Å². The molecule has 2 heterocycles. The monoisotopic (exact) mass is 271 g/mol. The summed E-state index contributed by atoms with van der Waals surface area (Å²) < 4.78 is 2.43. The number of nitrogens with one attached hydrogen (secondary N) is 1. The van der Waals surface area contributed by atoms with Crippen molar-refractivity contribution in [3.05, 3.63) is 34.5 Å². The lowest BCUT2D eigenvalue weighted by atomic mass is 10.5. The maximum Gasteiger partial charge on any atom is 0.404 e. The number of hydrogen-bond donors (Lipinski definition) is 2. The van der Waals surface area contributed by atoms with Crippen LogP contribution in [0.3, 0.4) is 0 Å². The zero-order chi connectivity index (χ0) is 11.4. The van der Waals surface area contributed by atoms with Gasteiger partial charge in [-0.1, -0.05) is 17.8 Å². The molecule has 0 unspecified atom stereocenters. The summed E-state index contributed by atoms with van der Waals surface area (Å²) in [5.41, 5.74) is 0. The van der Waals surface area contributed by atoms with Crippen LogP contribution in [0.5, 0.6) is 0 Å². The smallest absolute Gasteiger partial charge is 0.404 e. The van der Waals surface area contributed by atoms with Crippen molar-refractivity contribution in [3.63, 3.8) is 0 Å². The highest BCUT2D eigenvalue weighted by molar-refractivity contribution is 8.02. The van der Waals surface area contributed by atoms with Gasteiger partial charge in [0.05, 0.1) is 15.0 Å². The zero-order valence-electron chi connectivity index (χ0n) is 8.17. The van der Waals surface area contributed by atoms with Crippen LogP contribution in [0.4, 0.5) is 4.79 Å². The Morgan fingerprint density at radius 2 is 2.25 bits per heavy atom. The fourth-order valence-corrected chi connectivity index (χ4v) is 4.24. The van der Waals surface area contributed by atoms with E-state index in [1.165, 1.54) is 8.42 Å². The topological polar surface area (TPSA) is 49.3 Å². The van der Waals surface area contributed by atoms with Crippen LogP contribution < -0.4 is 5.32 Å². The second-order valence-corrected chi connectivity index (χ2v) is 6.63. The van der Waals surface area contributed by atoms with E-state index in [9.17, 15) is 4.79 Å². The van der Waals surface area contributed by atoms with Crippen LogP contribution in [0, 0.1) is 0 Å². The molecule has 2 aromatic heterocycles. The van der Waals surface area contributed by atoms with E-state index >= 15 is 0 Å². The number of hydrogen-bond acceptors (Lipinski definition) is 4. The Morgan fingerprint density at radius 3 is 2.94 bits per heavy atom. The van der Waals surface area contributed by atoms with Crippen LogP contribution in [-0.4, -0.2) is 11.2 Å². The van der Waals surface area contributed by atoms with Gasteiger partial charge in [-0.05, 0) is 23.6 Å². The summed E-state index contributed by atoms with van der Waals surface area (Å²) in [4.78, 5) is 11.4. The van der Waals surface area contributed by atoms with Gasteiger partial charge in [-0.2, -0.15) is 0 Å². The van der Waals surface area contributed by atoms with Crippen LogP contribution in [0.1, 0.15) is 4.88 Å². The molecular weight excluding hydrogens is 262 g/mol. The summed E-state index contributed by atoms with van der Waals surface area (Å²) in [6.45, 7) is 0.380. The Balaban J connectivity index is 1.94. The highest BCUT2D eigenvalue weighted by Crippen LogP contribution is 2.35. The van der Waals surface area contributed by atoms with Gasteiger partial charge >= 0.3 is 6.09 Å². The minimum atomic E-state index is -0.985. The number of amides is 1. The lowest BCUT2D eigenvalue weighted by molar-refractivity contribution is 0.194. The van der Waals surface area contributed by atoms with E-state index in [2.05, 4.69) is 11.4 Å². The molecule has 2 N–H and O–H groups in total. The normalized spacial score (nSPS) is 10.2. The molecule has 0 atom stereocenters. The molecule has 0 aliphatic heterocycles. The van der Waals surface area contributed by atoms with E-state index < -0.39 is 6.09 Å². The maximum absolute atomic E-state index is 10.3. The van der Waals surface area contributed by atoms with Crippen LogP contribution in [-0.2, 0) is 6.54 Å². The molecule has 0 fully saturated rings. The Morgan fingerprint density at radius 1 is 1.38 bits per heavy atom. The summed E-state index contributed by atoms with van der Waals surface area (Å²) in [6.07, 6.45) is -0.985. The van der Waals surface area contributed by atoms with Crippen LogP contribution >= 0.6 is 34.4 Å². The van der Waals surface area contributed by atoms with Crippen LogP contribution in [0.25, 0.3) is 0 Å². The highest BCUT2D eigenvalue weighted by atomic mass is 32.2. The Bertz CT molecular complexity index is 464. The molecule has 84 valence electrons. The van der Waals surface area contributed by atoms with Crippen molar-refractivity contribution in [2.45, 2.75) is 15.0 Å². The van der Waals surface area contributed by atoms with Crippen molar-refractivity contribution in [1.82, 2.24) is 5.32 Å². The first kappa shape index (κ1) is 11.5. The van der Waals surface area contributed by atoms with E-state index in [4.69, 9.17) is 5.11 Å². The Labute approximate surface area is 105 Å².